The molecule has 0 aromatic heterocycles. The number of unbranched alkanes of at least 4 members (excludes halogenated alkanes) is 29. The van der Waals surface area contributed by atoms with Crippen LogP contribution in [0.5, 0.6) is 0 Å². The summed E-state index contributed by atoms with van der Waals surface area (Å²) in [4.78, 5) is 37.4. The van der Waals surface area contributed by atoms with E-state index in [0.29, 0.717) is 39.3 Å². The van der Waals surface area contributed by atoms with E-state index in [0.717, 1.165) is 32.1 Å². The van der Waals surface area contributed by atoms with Crippen molar-refractivity contribution in [2.24, 2.45) is 0 Å². The van der Waals surface area contributed by atoms with Crippen molar-refractivity contribution in [2.45, 2.75) is 232 Å². The minimum atomic E-state index is -0.877. The van der Waals surface area contributed by atoms with Gasteiger partial charge >= 0.3 is 18.2 Å². The molecule has 0 aliphatic carbocycles. The number of amides is 2. The fraction of sp³-hybridized carbons (Fsp3) is 0.936. The van der Waals surface area contributed by atoms with Gasteiger partial charge < -0.3 is 34.3 Å². The molecule has 1 unspecified atom stereocenters. The van der Waals surface area contributed by atoms with Gasteiger partial charge in [0.1, 0.15) is 13.2 Å². The zero-order valence-electron chi connectivity index (χ0n) is 37.6. The van der Waals surface area contributed by atoms with Gasteiger partial charge in [-0.05, 0) is 19.3 Å². The van der Waals surface area contributed by atoms with Gasteiger partial charge in [0.25, 0.3) is 0 Å². The van der Waals surface area contributed by atoms with Gasteiger partial charge in [0.15, 0.2) is 6.10 Å². The molecule has 338 valence electrons. The average Bonchev–Trinajstić information content (AvgIpc) is 3.21. The number of carbonyl (C=O) groups is 3. The van der Waals surface area contributed by atoms with Gasteiger partial charge in [0.2, 0.25) is 0 Å². The summed E-state index contributed by atoms with van der Waals surface area (Å²) in [6.45, 7) is 6.58. The number of alkyl carbamates (subject to hydrolysis) is 2. The van der Waals surface area contributed by atoms with Crippen LogP contribution in [0.25, 0.3) is 0 Å². The molecule has 2 amide bonds. The van der Waals surface area contributed by atoms with E-state index in [9.17, 15) is 14.4 Å². The molecule has 10 heteroatoms. The largest absolute Gasteiger partial charge is 0.455 e. The van der Waals surface area contributed by atoms with Crippen molar-refractivity contribution in [3.05, 3.63) is 0 Å². The maximum absolute atomic E-state index is 12.7. The molecule has 0 rings (SSSR count). The standard InChI is InChI=1S/C47H92N2O8/c1-4-6-8-10-12-14-16-18-20-21-22-23-25-27-29-31-33-36-45(50)57-44(43-56-47(52)49-38-35-39-54-41-40-53-3)42-55-46(51)48-37-34-32-30-28-26-24-19-17-15-13-11-9-7-5-2/h44H,4-43H2,1-3H3,(H,48,51)(H,49,52). The number of nitrogens with one attached hydrogen (secondary N) is 2. The van der Waals surface area contributed by atoms with Crippen molar-refractivity contribution in [3.63, 3.8) is 0 Å². The van der Waals surface area contributed by atoms with Crippen LogP contribution in [-0.4, -0.2) is 77.5 Å². The summed E-state index contributed by atoms with van der Waals surface area (Å²) in [5.74, 6) is -0.371. The molecule has 0 spiro atoms. The molecule has 2 N–H and O–H groups in total. The van der Waals surface area contributed by atoms with Crippen LogP contribution >= 0.6 is 0 Å². The van der Waals surface area contributed by atoms with Gasteiger partial charge in [0, 0.05) is 33.2 Å². The second kappa shape index (κ2) is 46.6. The highest BCUT2D eigenvalue weighted by Crippen LogP contribution is 2.16. The van der Waals surface area contributed by atoms with Gasteiger partial charge in [-0.3, -0.25) is 4.79 Å². The van der Waals surface area contributed by atoms with E-state index in [2.05, 4.69) is 24.5 Å². The van der Waals surface area contributed by atoms with Crippen LogP contribution in [0.2, 0.25) is 0 Å². The molecule has 10 nitrogen and oxygen atoms in total. The predicted octanol–water partition coefficient (Wildman–Crippen LogP) is 12.9. The van der Waals surface area contributed by atoms with E-state index >= 15 is 0 Å². The first-order chi connectivity index (χ1) is 28.0. The van der Waals surface area contributed by atoms with E-state index in [4.69, 9.17) is 23.7 Å². The van der Waals surface area contributed by atoms with Crippen molar-refractivity contribution in [1.82, 2.24) is 10.6 Å². The normalized spacial score (nSPS) is 11.7. The molecule has 0 saturated carbocycles. The zero-order valence-corrected chi connectivity index (χ0v) is 37.6. The number of hydrogen-bond acceptors (Lipinski definition) is 8. The highest BCUT2D eigenvalue weighted by Gasteiger charge is 2.19. The number of ether oxygens (including phenoxy) is 5. The first kappa shape index (κ1) is 54.9. The Hall–Kier alpha value is -2.07. The molecule has 0 bridgehead atoms. The monoisotopic (exact) mass is 813 g/mol. The van der Waals surface area contributed by atoms with Crippen LogP contribution in [0.1, 0.15) is 226 Å². The quantitative estimate of drug-likeness (QED) is 0.0354. The van der Waals surface area contributed by atoms with Gasteiger partial charge in [-0.15, -0.1) is 0 Å². The van der Waals surface area contributed by atoms with E-state index in [1.54, 1.807) is 7.11 Å². The van der Waals surface area contributed by atoms with Crippen LogP contribution in [0.3, 0.4) is 0 Å². The highest BCUT2D eigenvalue weighted by molar-refractivity contribution is 5.70. The second-order valence-corrected chi connectivity index (χ2v) is 16.1. The highest BCUT2D eigenvalue weighted by atomic mass is 16.6. The van der Waals surface area contributed by atoms with E-state index < -0.39 is 18.3 Å². The molecule has 57 heavy (non-hydrogen) atoms. The fourth-order valence-electron chi connectivity index (χ4n) is 6.91. The topological polar surface area (TPSA) is 121 Å². The number of rotatable bonds is 45. The number of carbonyl (C=O) groups excluding carboxylic acids is 3. The van der Waals surface area contributed by atoms with Crippen molar-refractivity contribution < 1.29 is 38.1 Å². The molecule has 0 radical (unpaired) electrons. The molecule has 0 aromatic carbocycles. The first-order valence-corrected chi connectivity index (χ1v) is 24.1. The van der Waals surface area contributed by atoms with Gasteiger partial charge in [-0.1, -0.05) is 200 Å². The Balaban J connectivity index is 4.20. The molecule has 0 aliphatic heterocycles. The van der Waals surface area contributed by atoms with Gasteiger partial charge in [-0.25, -0.2) is 9.59 Å². The van der Waals surface area contributed by atoms with Crippen LogP contribution in [0, 0.1) is 0 Å². The Morgan fingerprint density at radius 1 is 0.421 bits per heavy atom. The van der Waals surface area contributed by atoms with Crippen molar-refractivity contribution in [1.29, 1.82) is 0 Å². The lowest BCUT2D eigenvalue weighted by atomic mass is 10.0. The smallest absolute Gasteiger partial charge is 0.407 e. The summed E-state index contributed by atoms with van der Waals surface area (Å²) in [5, 5.41) is 5.47. The number of hydrogen-bond donors (Lipinski definition) is 2. The summed E-state index contributed by atoms with van der Waals surface area (Å²) in [7, 11) is 1.62. The summed E-state index contributed by atoms with van der Waals surface area (Å²) in [6, 6.07) is 0. The first-order valence-electron chi connectivity index (χ1n) is 24.1. The van der Waals surface area contributed by atoms with E-state index in [1.807, 2.05) is 0 Å². The Bertz CT molecular complexity index is 861. The minimum absolute atomic E-state index is 0.185. The summed E-state index contributed by atoms with van der Waals surface area (Å²) in [6.07, 6.45) is 38.5. The van der Waals surface area contributed by atoms with Gasteiger partial charge in [-0.2, -0.15) is 0 Å². The zero-order chi connectivity index (χ0) is 41.5. The number of esters is 1. The Morgan fingerprint density at radius 3 is 1.16 bits per heavy atom. The summed E-state index contributed by atoms with van der Waals surface area (Å²) < 4.78 is 26.6. The van der Waals surface area contributed by atoms with E-state index in [1.165, 1.54) is 167 Å². The van der Waals surface area contributed by atoms with Gasteiger partial charge in [0.05, 0.1) is 13.2 Å². The third kappa shape index (κ3) is 44.9. The molecule has 0 fully saturated rings. The molecule has 0 aliphatic rings. The lowest BCUT2D eigenvalue weighted by Crippen LogP contribution is -2.35. The average molecular weight is 813 g/mol. The van der Waals surface area contributed by atoms with Crippen molar-refractivity contribution >= 4 is 18.2 Å². The molecule has 1 atom stereocenters. The lowest BCUT2D eigenvalue weighted by molar-refractivity contribution is -0.153. The number of methoxy groups -OCH3 is 1. The van der Waals surface area contributed by atoms with Crippen LogP contribution < -0.4 is 10.6 Å². The maximum Gasteiger partial charge on any atom is 0.407 e. The molecular weight excluding hydrogens is 721 g/mol. The lowest BCUT2D eigenvalue weighted by Gasteiger charge is -2.18. The molecular formula is C47H92N2O8. The fourth-order valence-corrected chi connectivity index (χ4v) is 6.91. The summed E-state index contributed by atoms with van der Waals surface area (Å²) >= 11 is 0. The van der Waals surface area contributed by atoms with Crippen LogP contribution in [0.4, 0.5) is 9.59 Å². The third-order valence-electron chi connectivity index (χ3n) is 10.5. The third-order valence-corrected chi connectivity index (χ3v) is 10.5. The summed E-state index contributed by atoms with van der Waals surface area (Å²) in [5.41, 5.74) is 0. The molecule has 0 aromatic rings. The minimum Gasteiger partial charge on any atom is -0.455 e. The second-order valence-electron chi connectivity index (χ2n) is 16.1. The van der Waals surface area contributed by atoms with E-state index in [-0.39, 0.29) is 25.6 Å². The van der Waals surface area contributed by atoms with Crippen molar-refractivity contribution in [3.8, 4) is 0 Å². The Labute approximate surface area is 351 Å². The van der Waals surface area contributed by atoms with Crippen LogP contribution in [0.15, 0.2) is 0 Å². The molecule has 0 heterocycles. The van der Waals surface area contributed by atoms with Crippen LogP contribution in [-0.2, 0) is 28.5 Å². The van der Waals surface area contributed by atoms with Crippen molar-refractivity contribution in [2.75, 3.05) is 53.2 Å². The maximum atomic E-state index is 12.7. The predicted molar refractivity (Wildman–Crippen MR) is 235 cm³/mol. The molecule has 0 saturated heterocycles. The SMILES string of the molecule is CCCCCCCCCCCCCCCCCCCC(=O)OC(COC(=O)NCCCCCCCCCCCCCCCC)COC(=O)NCCCOCCOC. The Kier molecular flexibility index (Phi) is 44.9. The Morgan fingerprint density at radius 2 is 0.772 bits per heavy atom.